The van der Waals surface area contributed by atoms with Crippen molar-refractivity contribution in [2.75, 3.05) is 13.7 Å². The van der Waals surface area contributed by atoms with Crippen LogP contribution in [0.5, 0.6) is 0 Å². The Morgan fingerprint density at radius 2 is 2.22 bits per heavy atom. The second kappa shape index (κ2) is 5.40. The number of methoxy groups -OCH3 is 1. The normalized spacial score (nSPS) is 18.8. The molecule has 0 spiro atoms. The van der Waals surface area contributed by atoms with Crippen molar-refractivity contribution in [3.63, 3.8) is 0 Å². The van der Waals surface area contributed by atoms with E-state index in [0.29, 0.717) is 23.6 Å². The molecule has 4 nitrogen and oxygen atoms in total. The van der Waals surface area contributed by atoms with Crippen molar-refractivity contribution < 1.29 is 14.3 Å². The molecule has 1 heterocycles. The smallest absolute Gasteiger partial charge is 0.328 e. The summed E-state index contributed by atoms with van der Waals surface area (Å²) in [5, 5.41) is 0.509. The van der Waals surface area contributed by atoms with Gasteiger partial charge >= 0.3 is 5.97 Å². The molecule has 0 N–H and O–H groups in total. The summed E-state index contributed by atoms with van der Waals surface area (Å²) in [5.74, 6) is -0.534. The Morgan fingerprint density at radius 1 is 1.44 bits per heavy atom. The van der Waals surface area contributed by atoms with Crippen LogP contribution in [-0.2, 0) is 9.53 Å². The Morgan fingerprint density at radius 3 is 2.89 bits per heavy atom. The number of nitrogens with zero attached hydrogens (tertiary/aromatic N) is 1. The Bertz CT molecular complexity index is 475. The highest BCUT2D eigenvalue weighted by Gasteiger charge is 2.35. The zero-order valence-electron chi connectivity index (χ0n) is 10.1. The molecular formula is C13H14ClNO3. The Balaban J connectivity index is 2.20. The number of rotatable bonds is 2. The number of ether oxygens (including phenoxy) is 1. The van der Waals surface area contributed by atoms with E-state index in [9.17, 15) is 9.59 Å². The number of hydrogen-bond donors (Lipinski definition) is 0. The fourth-order valence-electron chi connectivity index (χ4n) is 2.18. The molecule has 1 atom stereocenters. The van der Waals surface area contributed by atoms with Gasteiger partial charge in [0.1, 0.15) is 6.04 Å². The van der Waals surface area contributed by atoms with Crippen LogP contribution in [0.3, 0.4) is 0 Å². The van der Waals surface area contributed by atoms with Crippen LogP contribution < -0.4 is 0 Å². The number of benzene rings is 1. The average Bonchev–Trinajstić information content (AvgIpc) is 2.86. The van der Waals surface area contributed by atoms with Crippen molar-refractivity contribution >= 4 is 23.5 Å². The first-order valence-electron chi connectivity index (χ1n) is 5.78. The summed E-state index contributed by atoms with van der Waals surface area (Å²) in [6, 6.07) is 6.26. The highest BCUT2D eigenvalue weighted by molar-refractivity contribution is 6.31. The van der Waals surface area contributed by atoms with Crippen LogP contribution in [0.2, 0.25) is 5.02 Å². The molecule has 5 heteroatoms. The summed E-state index contributed by atoms with van der Waals surface area (Å²) in [5.41, 5.74) is 0.498. The number of carbonyl (C=O) groups is 2. The van der Waals surface area contributed by atoms with Gasteiger partial charge < -0.3 is 9.64 Å². The predicted octanol–water partition coefficient (Wildman–Crippen LogP) is 2.12. The molecule has 1 aromatic rings. The molecule has 1 saturated heterocycles. The van der Waals surface area contributed by atoms with E-state index in [-0.39, 0.29) is 11.9 Å². The fraction of sp³-hybridized carbons (Fsp3) is 0.385. The predicted molar refractivity (Wildman–Crippen MR) is 67.5 cm³/mol. The van der Waals surface area contributed by atoms with Gasteiger partial charge in [-0.15, -0.1) is 0 Å². The van der Waals surface area contributed by atoms with E-state index in [2.05, 4.69) is 0 Å². The number of likely N-dealkylation sites (tertiary alicyclic amines) is 1. The SMILES string of the molecule is COC(=O)[C@@H]1CCCN1C(=O)c1cccc(Cl)c1. The monoisotopic (exact) mass is 267 g/mol. The standard InChI is InChI=1S/C13H14ClNO3/c1-18-13(17)11-6-3-7-15(11)12(16)9-4-2-5-10(14)8-9/h2,4-5,8,11H,3,6-7H2,1H3/t11-/m0/s1. The lowest BCUT2D eigenvalue weighted by atomic mass is 10.1. The summed E-state index contributed by atoms with van der Waals surface area (Å²) in [4.78, 5) is 25.4. The van der Waals surface area contributed by atoms with Crippen molar-refractivity contribution in [3.05, 3.63) is 34.9 Å². The molecule has 1 aromatic carbocycles. The summed E-state index contributed by atoms with van der Waals surface area (Å²) >= 11 is 5.86. The average molecular weight is 268 g/mol. The van der Waals surface area contributed by atoms with Gasteiger partial charge in [0.25, 0.3) is 5.91 Å². The maximum atomic E-state index is 12.3. The zero-order valence-corrected chi connectivity index (χ0v) is 10.8. The van der Waals surface area contributed by atoms with Crippen LogP contribution in [-0.4, -0.2) is 36.5 Å². The van der Waals surface area contributed by atoms with Crippen LogP contribution >= 0.6 is 11.6 Å². The van der Waals surface area contributed by atoms with Gasteiger partial charge in [0.15, 0.2) is 0 Å². The first kappa shape index (κ1) is 12.9. The molecule has 1 fully saturated rings. The van der Waals surface area contributed by atoms with Crippen molar-refractivity contribution in [2.45, 2.75) is 18.9 Å². The van der Waals surface area contributed by atoms with Gasteiger partial charge in [-0.3, -0.25) is 4.79 Å². The van der Waals surface area contributed by atoms with Gasteiger partial charge in [-0.25, -0.2) is 4.79 Å². The highest BCUT2D eigenvalue weighted by Crippen LogP contribution is 2.22. The molecule has 0 aromatic heterocycles. The largest absolute Gasteiger partial charge is 0.467 e. The number of hydrogen-bond acceptors (Lipinski definition) is 3. The third kappa shape index (κ3) is 2.48. The van der Waals surface area contributed by atoms with Crippen LogP contribution in [0, 0.1) is 0 Å². The third-order valence-electron chi connectivity index (χ3n) is 3.06. The zero-order chi connectivity index (χ0) is 13.1. The molecule has 0 aliphatic carbocycles. The Hall–Kier alpha value is -1.55. The van der Waals surface area contributed by atoms with Crippen molar-refractivity contribution in [1.82, 2.24) is 4.90 Å². The minimum Gasteiger partial charge on any atom is -0.467 e. The molecule has 1 aliphatic heterocycles. The van der Waals surface area contributed by atoms with Crippen LogP contribution in [0.15, 0.2) is 24.3 Å². The van der Waals surface area contributed by atoms with Gasteiger partial charge in [-0.05, 0) is 31.0 Å². The molecular weight excluding hydrogens is 254 g/mol. The maximum absolute atomic E-state index is 12.3. The summed E-state index contributed by atoms with van der Waals surface area (Å²) < 4.78 is 4.72. The van der Waals surface area contributed by atoms with Crippen LogP contribution in [0.25, 0.3) is 0 Å². The third-order valence-corrected chi connectivity index (χ3v) is 3.29. The first-order valence-corrected chi connectivity index (χ1v) is 6.15. The topological polar surface area (TPSA) is 46.6 Å². The molecule has 96 valence electrons. The van der Waals surface area contributed by atoms with Gasteiger partial charge in [0.2, 0.25) is 0 Å². The van der Waals surface area contributed by atoms with E-state index < -0.39 is 6.04 Å². The van der Waals surface area contributed by atoms with Crippen molar-refractivity contribution in [3.8, 4) is 0 Å². The number of amides is 1. The van der Waals surface area contributed by atoms with E-state index in [1.807, 2.05) is 0 Å². The molecule has 2 rings (SSSR count). The Kier molecular flexibility index (Phi) is 3.87. The maximum Gasteiger partial charge on any atom is 0.328 e. The fourth-order valence-corrected chi connectivity index (χ4v) is 2.37. The second-order valence-corrected chi connectivity index (χ2v) is 4.63. The number of halogens is 1. The van der Waals surface area contributed by atoms with Gasteiger partial charge in [0, 0.05) is 17.1 Å². The lowest BCUT2D eigenvalue weighted by Gasteiger charge is -2.22. The van der Waals surface area contributed by atoms with E-state index in [1.54, 1.807) is 29.2 Å². The molecule has 0 radical (unpaired) electrons. The molecule has 1 aliphatic rings. The first-order chi connectivity index (χ1) is 8.63. The summed E-state index contributed by atoms with van der Waals surface area (Å²) in [6.07, 6.45) is 1.46. The van der Waals surface area contributed by atoms with Crippen molar-refractivity contribution in [2.24, 2.45) is 0 Å². The molecule has 0 bridgehead atoms. The molecule has 0 saturated carbocycles. The van der Waals surface area contributed by atoms with E-state index in [4.69, 9.17) is 16.3 Å². The lowest BCUT2D eigenvalue weighted by molar-refractivity contribution is -0.145. The molecule has 0 unspecified atom stereocenters. The van der Waals surface area contributed by atoms with Crippen LogP contribution in [0.1, 0.15) is 23.2 Å². The van der Waals surface area contributed by atoms with E-state index >= 15 is 0 Å². The number of carbonyl (C=O) groups excluding carboxylic acids is 2. The van der Waals surface area contributed by atoms with E-state index in [0.717, 1.165) is 6.42 Å². The number of esters is 1. The minimum absolute atomic E-state index is 0.176. The molecule has 18 heavy (non-hydrogen) atoms. The van der Waals surface area contributed by atoms with Gasteiger partial charge in [-0.1, -0.05) is 17.7 Å². The highest BCUT2D eigenvalue weighted by atomic mass is 35.5. The summed E-state index contributed by atoms with van der Waals surface area (Å²) in [7, 11) is 1.34. The summed E-state index contributed by atoms with van der Waals surface area (Å²) in [6.45, 7) is 0.575. The lowest BCUT2D eigenvalue weighted by Crippen LogP contribution is -2.41. The van der Waals surface area contributed by atoms with Crippen molar-refractivity contribution in [1.29, 1.82) is 0 Å². The van der Waals surface area contributed by atoms with Gasteiger partial charge in [-0.2, -0.15) is 0 Å². The molecule has 1 amide bonds. The minimum atomic E-state index is -0.471. The Labute approximate surface area is 110 Å². The second-order valence-electron chi connectivity index (χ2n) is 4.19. The van der Waals surface area contributed by atoms with Crippen LogP contribution in [0.4, 0.5) is 0 Å². The quantitative estimate of drug-likeness (QED) is 0.771. The van der Waals surface area contributed by atoms with Gasteiger partial charge in [0.05, 0.1) is 7.11 Å². The van der Waals surface area contributed by atoms with E-state index in [1.165, 1.54) is 7.11 Å².